The number of methoxy groups -OCH3 is 1. The molecule has 0 bridgehead atoms. The van der Waals surface area contributed by atoms with Gasteiger partial charge in [-0.25, -0.2) is 4.99 Å². The maximum Gasteiger partial charge on any atom is 0.194 e. The van der Waals surface area contributed by atoms with Crippen LogP contribution < -0.4 is 10.1 Å². The average Bonchev–Trinajstić information content (AvgIpc) is 3.33. The molecule has 29 heavy (non-hydrogen) atoms. The highest BCUT2D eigenvalue weighted by atomic mass is 127. The fraction of sp³-hybridized carbons (Fsp3) is 0.550. The maximum atomic E-state index is 5.74. The van der Waals surface area contributed by atoms with E-state index in [9.17, 15) is 0 Å². The second-order valence-electron chi connectivity index (χ2n) is 7.08. The summed E-state index contributed by atoms with van der Waals surface area (Å²) in [6.45, 7) is 4.74. The van der Waals surface area contributed by atoms with E-state index >= 15 is 0 Å². The van der Waals surface area contributed by atoms with Gasteiger partial charge in [0.15, 0.2) is 11.8 Å². The Balaban J connectivity index is 0.00000300. The van der Waals surface area contributed by atoms with Gasteiger partial charge in [0.25, 0.3) is 0 Å². The lowest BCUT2D eigenvalue weighted by Gasteiger charge is -2.24. The van der Waals surface area contributed by atoms with E-state index in [0.717, 1.165) is 55.9 Å². The van der Waals surface area contributed by atoms with Crippen molar-refractivity contribution in [2.45, 2.75) is 39.0 Å². The van der Waals surface area contributed by atoms with E-state index < -0.39 is 0 Å². The quantitative estimate of drug-likeness (QED) is 0.348. The van der Waals surface area contributed by atoms with Crippen LogP contribution in [0.5, 0.6) is 5.75 Å². The van der Waals surface area contributed by atoms with Crippen LogP contribution in [-0.2, 0) is 24.9 Å². The molecule has 1 aromatic heterocycles. The van der Waals surface area contributed by atoms with Gasteiger partial charge in [0.2, 0.25) is 0 Å². The van der Waals surface area contributed by atoms with Crippen molar-refractivity contribution in [2.24, 2.45) is 12.0 Å². The van der Waals surface area contributed by atoms with Gasteiger partial charge in [-0.15, -0.1) is 34.2 Å². The Morgan fingerprint density at radius 1 is 1.34 bits per heavy atom. The summed E-state index contributed by atoms with van der Waals surface area (Å²) in [7, 11) is 5.67. The monoisotopic (exact) mass is 514 g/mol. The highest BCUT2D eigenvalue weighted by Gasteiger charge is 2.17. The molecule has 1 atom stereocenters. The Bertz CT molecular complexity index is 787. The third kappa shape index (κ3) is 6.56. The largest absolute Gasteiger partial charge is 0.497 e. The lowest BCUT2D eigenvalue weighted by molar-refractivity contribution is 0.113. The Kier molecular flexibility index (Phi) is 9.15. The molecule has 0 amide bonds. The van der Waals surface area contributed by atoms with Crippen LogP contribution in [0.1, 0.15) is 30.1 Å². The molecule has 2 heterocycles. The highest BCUT2D eigenvalue weighted by Crippen LogP contribution is 2.14. The lowest BCUT2D eigenvalue weighted by atomic mass is 10.2. The number of guanidine groups is 1. The van der Waals surface area contributed by atoms with Gasteiger partial charge in [-0.05, 0) is 37.5 Å². The number of ether oxygens (including phenoxy) is 2. The van der Waals surface area contributed by atoms with Crippen molar-refractivity contribution in [3.8, 4) is 5.75 Å². The molecule has 0 aliphatic carbocycles. The predicted octanol–water partition coefficient (Wildman–Crippen LogP) is 2.51. The number of benzene rings is 1. The summed E-state index contributed by atoms with van der Waals surface area (Å²) in [6.07, 6.45) is 2.46. The zero-order chi connectivity index (χ0) is 19.9. The molecule has 8 nitrogen and oxygen atoms in total. The number of rotatable bonds is 7. The van der Waals surface area contributed by atoms with Gasteiger partial charge in [-0.2, -0.15) is 0 Å². The van der Waals surface area contributed by atoms with Gasteiger partial charge < -0.3 is 24.3 Å². The van der Waals surface area contributed by atoms with Crippen LogP contribution in [0.15, 0.2) is 29.3 Å². The van der Waals surface area contributed by atoms with Crippen LogP contribution in [0, 0.1) is 6.92 Å². The predicted molar refractivity (Wildman–Crippen MR) is 124 cm³/mol. The molecule has 1 aliphatic heterocycles. The smallest absolute Gasteiger partial charge is 0.194 e. The van der Waals surface area contributed by atoms with Gasteiger partial charge >= 0.3 is 0 Å². The third-order valence-electron chi connectivity index (χ3n) is 5.01. The van der Waals surface area contributed by atoms with Crippen LogP contribution in [0.2, 0.25) is 0 Å². The number of hydrogen-bond donors (Lipinski definition) is 1. The first-order valence-electron chi connectivity index (χ1n) is 9.65. The van der Waals surface area contributed by atoms with Crippen LogP contribution in [0.4, 0.5) is 0 Å². The SMILES string of the molecule is COc1ccc(CN(C)C(=NCc2nnc(C)n2C)NCC2CCCO2)cc1.I. The van der Waals surface area contributed by atoms with Crippen molar-refractivity contribution in [3.63, 3.8) is 0 Å². The molecule has 2 aromatic rings. The molecule has 1 saturated heterocycles. The topological polar surface area (TPSA) is 76.8 Å². The zero-order valence-corrected chi connectivity index (χ0v) is 19.9. The molecule has 1 unspecified atom stereocenters. The van der Waals surface area contributed by atoms with E-state index in [2.05, 4.69) is 32.5 Å². The first kappa shape index (κ1) is 23.4. The summed E-state index contributed by atoms with van der Waals surface area (Å²) in [6, 6.07) is 8.09. The fourth-order valence-electron chi connectivity index (χ4n) is 3.14. The summed E-state index contributed by atoms with van der Waals surface area (Å²) < 4.78 is 12.9. The van der Waals surface area contributed by atoms with Crippen molar-refractivity contribution in [1.82, 2.24) is 25.0 Å². The number of nitrogens with one attached hydrogen (secondary N) is 1. The average molecular weight is 514 g/mol. The van der Waals surface area contributed by atoms with E-state index in [0.29, 0.717) is 6.54 Å². The second kappa shape index (κ2) is 11.3. The summed E-state index contributed by atoms with van der Waals surface area (Å²) in [4.78, 5) is 6.90. The first-order chi connectivity index (χ1) is 13.6. The zero-order valence-electron chi connectivity index (χ0n) is 17.6. The second-order valence-corrected chi connectivity index (χ2v) is 7.08. The number of halogens is 1. The molecule has 1 aromatic carbocycles. The number of hydrogen-bond acceptors (Lipinski definition) is 5. The summed E-state index contributed by atoms with van der Waals surface area (Å²) in [5, 5.41) is 11.8. The van der Waals surface area contributed by atoms with E-state index in [-0.39, 0.29) is 30.1 Å². The minimum atomic E-state index is 0. The van der Waals surface area contributed by atoms with Crippen LogP contribution in [0.3, 0.4) is 0 Å². The summed E-state index contributed by atoms with van der Waals surface area (Å²) in [5.41, 5.74) is 1.18. The highest BCUT2D eigenvalue weighted by molar-refractivity contribution is 14.0. The molecule has 3 rings (SSSR count). The van der Waals surface area contributed by atoms with Crippen molar-refractivity contribution >= 4 is 29.9 Å². The van der Waals surface area contributed by atoms with Crippen LogP contribution >= 0.6 is 24.0 Å². The summed E-state index contributed by atoms with van der Waals surface area (Å²) >= 11 is 0. The Hall–Kier alpha value is -1.88. The Morgan fingerprint density at radius 3 is 2.69 bits per heavy atom. The van der Waals surface area contributed by atoms with Crippen molar-refractivity contribution < 1.29 is 9.47 Å². The summed E-state index contributed by atoms with van der Waals surface area (Å²) in [5.74, 6) is 3.40. The number of aryl methyl sites for hydroxylation is 1. The molecular weight excluding hydrogens is 483 g/mol. The molecule has 0 spiro atoms. The molecule has 1 N–H and O–H groups in total. The van der Waals surface area contributed by atoms with Crippen molar-refractivity contribution in [2.75, 3.05) is 27.3 Å². The van der Waals surface area contributed by atoms with Gasteiger partial charge in [0.1, 0.15) is 18.1 Å². The standard InChI is InChI=1S/C20H30N6O2.HI/c1-15-23-24-19(26(15)3)13-22-20(21-12-18-6-5-11-28-18)25(2)14-16-7-9-17(27-4)10-8-16;/h7-10,18H,5-6,11-14H2,1-4H3,(H,21,22);1H. The molecular formula is C20H31IN6O2. The van der Waals surface area contributed by atoms with E-state index in [4.69, 9.17) is 14.5 Å². The van der Waals surface area contributed by atoms with Crippen molar-refractivity contribution in [3.05, 3.63) is 41.5 Å². The minimum absolute atomic E-state index is 0. The molecule has 0 radical (unpaired) electrons. The molecule has 0 saturated carbocycles. The van der Waals surface area contributed by atoms with Crippen molar-refractivity contribution in [1.29, 1.82) is 0 Å². The fourth-order valence-corrected chi connectivity index (χ4v) is 3.14. The Morgan fingerprint density at radius 2 is 2.10 bits per heavy atom. The van der Waals surface area contributed by atoms with E-state index in [1.165, 1.54) is 5.56 Å². The molecule has 160 valence electrons. The Labute approximate surface area is 189 Å². The van der Waals surface area contributed by atoms with Gasteiger partial charge in [-0.1, -0.05) is 12.1 Å². The van der Waals surface area contributed by atoms with E-state index in [1.807, 2.05) is 37.7 Å². The maximum absolute atomic E-state index is 5.74. The van der Waals surface area contributed by atoms with E-state index in [1.54, 1.807) is 7.11 Å². The minimum Gasteiger partial charge on any atom is -0.497 e. The van der Waals surface area contributed by atoms with Crippen LogP contribution in [-0.4, -0.2) is 59.0 Å². The normalized spacial score (nSPS) is 16.4. The van der Waals surface area contributed by atoms with Crippen LogP contribution in [0.25, 0.3) is 0 Å². The first-order valence-corrected chi connectivity index (χ1v) is 9.65. The van der Waals surface area contributed by atoms with Gasteiger partial charge in [0, 0.05) is 33.8 Å². The number of nitrogens with zero attached hydrogens (tertiary/aromatic N) is 5. The number of aromatic nitrogens is 3. The molecule has 9 heteroatoms. The van der Waals surface area contributed by atoms with Gasteiger partial charge in [0.05, 0.1) is 13.2 Å². The third-order valence-corrected chi connectivity index (χ3v) is 5.01. The number of aliphatic imine (C=N–C) groups is 1. The molecule has 1 aliphatic rings. The van der Waals surface area contributed by atoms with Gasteiger partial charge in [-0.3, -0.25) is 0 Å². The molecule has 1 fully saturated rings. The lowest BCUT2D eigenvalue weighted by Crippen LogP contribution is -2.42.